The molecule has 4 heteroatoms. The Bertz CT molecular complexity index is 690. The normalized spacial score (nSPS) is 14.9. The number of nitrogens with one attached hydrogen (secondary N) is 1. The molecule has 1 saturated carbocycles. The Kier molecular flexibility index (Phi) is 4.24. The van der Waals surface area contributed by atoms with Crippen LogP contribution in [0.4, 0.5) is 0 Å². The lowest BCUT2D eigenvalue weighted by atomic mass is 9.95. The summed E-state index contributed by atoms with van der Waals surface area (Å²) >= 11 is 0. The second-order valence-corrected chi connectivity index (χ2v) is 5.81. The number of para-hydroxylation sites is 1. The Morgan fingerprint density at radius 3 is 2.35 bits per heavy atom. The maximum Gasteiger partial charge on any atom is 0.230 e. The van der Waals surface area contributed by atoms with E-state index in [2.05, 4.69) is 5.32 Å². The van der Waals surface area contributed by atoms with E-state index in [1.807, 2.05) is 48.5 Å². The van der Waals surface area contributed by atoms with Gasteiger partial charge in [0.1, 0.15) is 11.5 Å². The van der Waals surface area contributed by atoms with Crippen LogP contribution in [0, 0.1) is 0 Å². The van der Waals surface area contributed by atoms with Gasteiger partial charge in [0.05, 0.1) is 19.6 Å². The van der Waals surface area contributed by atoms with Gasteiger partial charge < -0.3 is 14.8 Å². The second kappa shape index (κ2) is 6.32. The molecule has 0 atom stereocenters. The first-order valence-corrected chi connectivity index (χ1v) is 7.74. The van der Waals surface area contributed by atoms with E-state index in [0.29, 0.717) is 6.54 Å². The lowest BCUT2D eigenvalue weighted by molar-refractivity contribution is -0.123. The standard InChI is InChI=1S/C19H21NO3/c1-22-16-9-7-15(8-10-16)19(11-12-19)18(21)20-13-14-5-3-4-6-17(14)23-2/h3-10H,11-13H2,1-2H3,(H,20,21). The smallest absolute Gasteiger partial charge is 0.230 e. The Morgan fingerprint density at radius 1 is 1.04 bits per heavy atom. The molecule has 0 saturated heterocycles. The van der Waals surface area contributed by atoms with Gasteiger partial charge in [-0.3, -0.25) is 4.79 Å². The minimum Gasteiger partial charge on any atom is -0.497 e. The topological polar surface area (TPSA) is 47.6 Å². The molecule has 120 valence electrons. The van der Waals surface area contributed by atoms with E-state index < -0.39 is 0 Å². The summed E-state index contributed by atoms with van der Waals surface area (Å²) in [7, 11) is 3.28. The first kappa shape index (κ1) is 15.4. The highest BCUT2D eigenvalue weighted by molar-refractivity contribution is 5.91. The molecule has 0 heterocycles. The zero-order valence-corrected chi connectivity index (χ0v) is 13.5. The van der Waals surface area contributed by atoms with E-state index in [1.165, 1.54) is 0 Å². The van der Waals surface area contributed by atoms with Crippen LogP contribution in [0.1, 0.15) is 24.0 Å². The number of rotatable bonds is 6. The maximum atomic E-state index is 12.7. The molecule has 1 N–H and O–H groups in total. The molecule has 3 rings (SSSR count). The Hall–Kier alpha value is -2.49. The Labute approximate surface area is 136 Å². The van der Waals surface area contributed by atoms with Gasteiger partial charge in [0.25, 0.3) is 0 Å². The van der Waals surface area contributed by atoms with Crippen LogP contribution in [-0.4, -0.2) is 20.1 Å². The third-order valence-corrected chi connectivity index (χ3v) is 4.46. The largest absolute Gasteiger partial charge is 0.497 e. The number of benzene rings is 2. The van der Waals surface area contributed by atoms with Crippen molar-refractivity contribution in [2.45, 2.75) is 24.8 Å². The SMILES string of the molecule is COc1ccc(C2(C(=O)NCc3ccccc3OC)CC2)cc1. The minimum atomic E-state index is -0.381. The summed E-state index contributed by atoms with van der Waals surface area (Å²) in [6.07, 6.45) is 1.77. The highest BCUT2D eigenvalue weighted by Crippen LogP contribution is 2.48. The highest BCUT2D eigenvalue weighted by Gasteiger charge is 2.51. The van der Waals surface area contributed by atoms with Crippen LogP contribution in [0.5, 0.6) is 11.5 Å². The van der Waals surface area contributed by atoms with Crippen LogP contribution in [0.2, 0.25) is 0 Å². The van der Waals surface area contributed by atoms with Crippen molar-refractivity contribution in [3.05, 3.63) is 59.7 Å². The van der Waals surface area contributed by atoms with Crippen molar-refractivity contribution in [2.24, 2.45) is 0 Å². The first-order valence-electron chi connectivity index (χ1n) is 7.74. The molecule has 0 radical (unpaired) electrons. The molecule has 1 aliphatic rings. The molecule has 4 nitrogen and oxygen atoms in total. The zero-order chi connectivity index (χ0) is 16.3. The molecule has 0 spiro atoms. The van der Waals surface area contributed by atoms with Gasteiger partial charge in [-0.05, 0) is 36.6 Å². The third kappa shape index (κ3) is 3.02. The van der Waals surface area contributed by atoms with Crippen molar-refractivity contribution in [3.63, 3.8) is 0 Å². The van der Waals surface area contributed by atoms with Crippen molar-refractivity contribution in [2.75, 3.05) is 14.2 Å². The van der Waals surface area contributed by atoms with Crippen molar-refractivity contribution in [1.29, 1.82) is 0 Å². The van der Waals surface area contributed by atoms with Crippen LogP contribution in [0.25, 0.3) is 0 Å². The molecule has 1 aliphatic carbocycles. The van der Waals surface area contributed by atoms with E-state index in [0.717, 1.165) is 35.5 Å². The molecule has 0 unspecified atom stereocenters. The van der Waals surface area contributed by atoms with Crippen molar-refractivity contribution >= 4 is 5.91 Å². The number of carbonyl (C=O) groups excluding carboxylic acids is 1. The number of ether oxygens (including phenoxy) is 2. The molecular weight excluding hydrogens is 290 g/mol. The number of hydrogen-bond donors (Lipinski definition) is 1. The van der Waals surface area contributed by atoms with E-state index in [4.69, 9.17) is 9.47 Å². The molecule has 23 heavy (non-hydrogen) atoms. The molecule has 0 aromatic heterocycles. The Morgan fingerprint density at radius 2 is 1.74 bits per heavy atom. The molecular formula is C19H21NO3. The quantitative estimate of drug-likeness (QED) is 0.892. The summed E-state index contributed by atoms with van der Waals surface area (Å²) in [4.78, 5) is 12.7. The van der Waals surface area contributed by atoms with Crippen LogP contribution in [0.3, 0.4) is 0 Å². The van der Waals surface area contributed by atoms with Crippen LogP contribution in [0.15, 0.2) is 48.5 Å². The molecule has 2 aromatic rings. The predicted octanol–water partition coefficient (Wildman–Crippen LogP) is 3.05. The van der Waals surface area contributed by atoms with E-state index in [1.54, 1.807) is 14.2 Å². The highest BCUT2D eigenvalue weighted by atomic mass is 16.5. The van der Waals surface area contributed by atoms with Gasteiger partial charge in [0.2, 0.25) is 5.91 Å². The molecule has 2 aromatic carbocycles. The fourth-order valence-electron chi connectivity index (χ4n) is 2.88. The first-order chi connectivity index (χ1) is 11.2. The van der Waals surface area contributed by atoms with Crippen molar-refractivity contribution in [1.82, 2.24) is 5.32 Å². The third-order valence-electron chi connectivity index (χ3n) is 4.46. The maximum absolute atomic E-state index is 12.7. The number of amides is 1. The Balaban J connectivity index is 1.70. The van der Waals surface area contributed by atoms with Gasteiger partial charge in [0.15, 0.2) is 0 Å². The van der Waals surface area contributed by atoms with Crippen LogP contribution in [-0.2, 0) is 16.8 Å². The number of carbonyl (C=O) groups is 1. The van der Waals surface area contributed by atoms with Gasteiger partial charge in [-0.25, -0.2) is 0 Å². The van der Waals surface area contributed by atoms with Crippen LogP contribution < -0.4 is 14.8 Å². The minimum absolute atomic E-state index is 0.0774. The van der Waals surface area contributed by atoms with Gasteiger partial charge in [0, 0.05) is 12.1 Å². The van der Waals surface area contributed by atoms with E-state index in [-0.39, 0.29) is 11.3 Å². The van der Waals surface area contributed by atoms with Crippen molar-refractivity contribution in [3.8, 4) is 11.5 Å². The molecule has 0 aliphatic heterocycles. The average molecular weight is 311 g/mol. The lowest BCUT2D eigenvalue weighted by Gasteiger charge is -2.17. The fourth-order valence-corrected chi connectivity index (χ4v) is 2.88. The summed E-state index contributed by atoms with van der Waals surface area (Å²) in [5, 5.41) is 3.05. The van der Waals surface area contributed by atoms with E-state index in [9.17, 15) is 4.79 Å². The summed E-state index contributed by atoms with van der Waals surface area (Å²) in [5.74, 6) is 1.68. The van der Waals surface area contributed by atoms with E-state index >= 15 is 0 Å². The summed E-state index contributed by atoms with van der Waals surface area (Å²) < 4.78 is 10.5. The van der Waals surface area contributed by atoms with Gasteiger partial charge >= 0.3 is 0 Å². The number of hydrogen-bond acceptors (Lipinski definition) is 3. The summed E-state index contributed by atoms with van der Waals surface area (Å²) in [6.45, 7) is 0.473. The van der Waals surface area contributed by atoms with Gasteiger partial charge in [-0.15, -0.1) is 0 Å². The number of methoxy groups -OCH3 is 2. The predicted molar refractivity (Wildman–Crippen MR) is 88.7 cm³/mol. The van der Waals surface area contributed by atoms with Gasteiger partial charge in [-0.1, -0.05) is 30.3 Å². The fraction of sp³-hybridized carbons (Fsp3) is 0.316. The van der Waals surface area contributed by atoms with Gasteiger partial charge in [-0.2, -0.15) is 0 Å². The second-order valence-electron chi connectivity index (χ2n) is 5.81. The van der Waals surface area contributed by atoms with Crippen LogP contribution >= 0.6 is 0 Å². The molecule has 1 fully saturated rings. The van der Waals surface area contributed by atoms with Crippen molar-refractivity contribution < 1.29 is 14.3 Å². The summed E-state index contributed by atoms with van der Waals surface area (Å²) in [6, 6.07) is 15.5. The molecule has 1 amide bonds. The average Bonchev–Trinajstić information content (AvgIpc) is 3.42. The summed E-state index contributed by atoms with van der Waals surface area (Å²) in [5.41, 5.74) is 1.65. The zero-order valence-electron chi connectivity index (χ0n) is 13.5. The molecule has 0 bridgehead atoms. The lowest BCUT2D eigenvalue weighted by Crippen LogP contribution is -2.34. The monoisotopic (exact) mass is 311 g/mol.